The molecule has 1 aromatic carbocycles. The summed E-state index contributed by atoms with van der Waals surface area (Å²) in [6.07, 6.45) is 2.12. The number of rotatable bonds is 14. The molecule has 1 heterocycles. The van der Waals surface area contributed by atoms with E-state index in [1.165, 1.54) is 4.90 Å². The van der Waals surface area contributed by atoms with Gasteiger partial charge in [0, 0.05) is 12.6 Å². The van der Waals surface area contributed by atoms with Crippen molar-refractivity contribution in [2.24, 2.45) is 40.2 Å². The molecule has 0 radical (unpaired) electrons. The van der Waals surface area contributed by atoms with E-state index in [0.29, 0.717) is 18.5 Å². The number of piperidine rings is 1. The molecule has 6 atom stereocenters. The monoisotopic (exact) mass is 673 g/mol. The number of hydrogen-bond acceptors (Lipinski definition) is 7. The lowest BCUT2D eigenvalue weighted by atomic mass is 9.85. The van der Waals surface area contributed by atoms with Gasteiger partial charge in [-0.15, -0.1) is 0 Å². The van der Waals surface area contributed by atoms with E-state index in [9.17, 15) is 32.4 Å². The van der Waals surface area contributed by atoms with Crippen molar-refractivity contribution in [3.63, 3.8) is 0 Å². The first-order chi connectivity index (χ1) is 21.7. The smallest absolute Gasteiger partial charge is 0.315 e. The van der Waals surface area contributed by atoms with Crippen molar-refractivity contribution < 1.29 is 32.4 Å². The van der Waals surface area contributed by atoms with Gasteiger partial charge in [0.25, 0.3) is 5.91 Å². The van der Waals surface area contributed by atoms with Gasteiger partial charge >= 0.3 is 6.03 Å². The number of ketones is 1. The molecule has 47 heavy (non-hydrogen) atoms. The van der Waals surface area contributed by atoms with E-state index < -0.39 is 69.0 Å². The summed E-state index contributed by atoms with van der Waals surface area (Å²) in [4.78, 5) is 67.3. The van der Waals surface area contributed by atoms with E-state index in [0.717, 1.165) is 12.8 Å². The second kappa shape index (κ2) is 13.6. The molecule has 5 amide bonds. The number of sulfone groups is 1. The number of nitrogens with one attached hydrogen (secondary N) is 3. The van der Waals surface area contributed by atoms with Gasteiger partial charge in [0.1, 0.15) is 12.1 Å². The van der Waals surface area contributed by atoms with E-state index in [2.05, 4.69) is 16.0 Å². The minimum Gasteiger partial charge on any atom is -0.363 e. The molecule has 0 spiro atoms. The number of fused-ring (bicyclic) bond motifs is 1. The number of carbonyl (C=O) groups is 5. The van der Waals surface area contributed by atoms with Gasteiger partial charge < -0.3 is 26.6 Å². The number of nitrogens with two attached hydrogens (primary N) is 1. The number of Topliss-reactive ketones (excluding diaryl/α,β-unsaturated/α-hetero) is 1. The molecule has 1 saturated heterocycles. The molecule has 1 aliphatic heterocycles. The van der Waals surface area contributed by atoms with Gasteiger partial charge in [0.05, 0.1) is 17.5 Å². The third-order valence-electron chi connectivity index (χ3n) is 10.1. The van der Waals surface area contributed by atoms with E-state index >= 15 is 0 Å². The molecule has 0 bridgehead atoms. The maximum atomic E-state index is 14.3. The van der Waals surface area contributed by atoms with Crippen LogP contribution >= 0.6 is 0 Å². The molecular formula is C34H51N5O7S. The minimum atomic E-state index is -3.58. The highest BCUT2D eigenvalue weighted by Crippen LogP contribution is 2.65. The Morgan fingerprint density at radius 2 is 1.62 bits per heavy atom. The van der Waals surface area contributed by atoms with Crippen LogP contribution < -0.4 is 21.7 Å². The van der Waals surface area contributed by atoms with Gasteiger partial charge in [0.2, 0.25) is 17.6 Å². The van der Waals surface area contributed by atoms with Crippen LogP contribution in [0.4, 0.5) is 4.79 Å². The maximum Gasteiger partial charge on any atom is 0.315 e. The highest BCUT2D eigenvalue weighted by Gasteiger charge is 2.70. The third-order valence-corrected chi connectivity index (χ3v) is 11.7. The zero-order valence-corrected chi connectivity index (χ0v) is 29.4. The first-order valence-electron chi connectivity index (χ1n) is 16.5. The molecule has 260 valence electrons. The van der Waals surface area contributed by atoms with Crippen LogP contribution in [0.5, 0.6) is 0 Å². The molecule has 2 aliphatic carbocycles. The normalized spacial score (nSPS) is 23.7. The molecule has 4 rings (SSSR count). The number of nitrogens with zero attached hydrogens (tertiary/aromatic N) is 1. The fourth-order valence-corrected chi connectivity index (χ4v) is 8.71. The summed E-state index contributed by atoms with van der Waals surface area (Å²) < 4.78 is 26.1. The quantitative estimate of drug-likeness (QED) is 0.218. The summed E-state index contributed by atoms with van der Waals surface area (Å²) in [5, 5.41) is 8.32. The van der Waals surface area contributed by atoms with Crippen LogP contribution in [0.3, 0.4) is 0 Å². The van der Waals surface area contributed by atoms with Crippen molar-refractivity contribution in [3.8, 4) is 0 Å². The van der Waals surface area contributed by atoms with Gasteiger partial charge in [0.15, 0.2) is 9.84 Å². The third kappa shape index (κ3) is 8.71. The highest BCUT2D eigenvalue weighted by molar-refractivity contribution is 7.90. The average molecular weight is 674 g/mol. The molecule has 3 aliphatic rings. The Bertz CT molecular complexity index is 1480. The second-order valence-electron chi connectivity index (χ2n) is 15.7. The summed E-state index contributed by atoms with van der Waals surface area (Å²) in [7, 11) is -3.58. The average Bonchev–Trinajstić information content (AvgIpc) is 3.81. The molecule has 12 nitrogen and oxygen atoms in total. The topological polar surface area (TPSA) is 185 Å². The number of likely N-dealkylation sites (tertiary alicyclic amines) is 1. The number of benzene rings is 1. The Balaban J connectivity index is 1.49. The summed E-state index contributed by atoms with van der Waals surface area (Å²) in [6.45, 7) is 13.4. The number of hydrogen-bond donors (Lipinski definition) is 4. The Hall–Kier alpha value is -3.48. The molecule has 2 saturated carbocycles. The van der Waals surface area contributed by atoms with Gasteiger partial charge in [-0.05, 0) is 46.5 Å². The molecule has 13 heteroatoms. The van der Waals surface area contributed by atoms with E-state index in [-0.39, 0.29) is 40.6 Å². The Morgan fingerprint density at radius 1 is 1.00 bits per heavy atom. The zero-order valence-electron chi connectivity index (χ0n) is 28.5. The fraction of sp³-hybridized carbons (Fsp3) is 0.676. The molecule has 0 aromatic heterocycles. The summed E-state index contributed by atoms with van der Waals surface area (Å²) in [5.41, 5.74) is 4.95. The van der Waals surface area contributed by atoms with Crippen LogP contribution in [-0.2, 0) is 34.8 Å². The molecule has 2 unspecified atom stereocenters. The summed E-state index contributed by atoms with van der Waals surface area (Å²) in [5.74, 6) is -3.48. The minimum absolute atomic E-state index is 0.0468. The van der Waals surface area contributed by atoms with Crippen molar-refractivity contribution in [1.29, 1.82) is 0 Å². The van der Waals surface area contributed by atoms with Gasteiger partial charge in [-0.3, -0.25) is 19.2 Å². The first-order valence-corrected chi connectivity index (χ1v) is 18.3. The van der Waals surface area contributed by atoms with Crippen molar-refractivity contribution in [2.75, 3.05) is 12.3 Å². The summed E-state index contributed by atoms with van der Waals surface area (Å²) in [6, 6.07) is 4.41. The van der Waals surface area contributed by atoms with Crippen LogP contribution in [0.1, 0.15) is 73.3 Å². The van der Waals surface area contributed by atoms with Gasteiger partial charge in [-0.1, -0.05) is 91.6 Å². The zero-order chi connectivity index (χ0) is 35.1. The predicted molar refractivity (Wildman–Crippen MR) is 177 cm³/mol. The van der Waals surface area contributed by atoms with Crippen molar-refractivity contribution in [3.05, 3.63) is 35.9 Å². The predicted octanol–water partition coefficient (Wildman–Crippen LogP) is 2.16. The number of carbonyl (C=O) groups excluding carboxylic acids is 5. The Labute approximate surface area is 278 Å². The largest absolute Gasteiger partial charge is 0.363 e. The van der Waals surface area contributed by atoms with Crippen LogP contribution in [0, 0.1) is 34.5 Å². The van der Waals surface area contributed by atoms with Crippen LogP contribution in [0.2, 0.25) is 0 Å². The lowest BCUT2D eigenvalue weighted by Crippen LogP contribution is -2.62. The second-order valence-corrected chi connectivity index (χ2v) is 17.8. The SMILES string of the molecule is CC(C)[C@@H](CS(=O)(=O)Cc1ccccc1)NC(=O)N[C@H](C(=O)N1C[C@H]2C([C@H]1C(=O)NC(CC1CC1)C(=O)C(N)=O)C2(C)C)C(C)(C)C. The molecule has 1 aromatic rings. The van der Waals surface area contributed by atoms with Crippen molar-refractivity contribution >= 4 is 39.4 Å². The summed E-state index contributed by atoms with van der Waals surface area (Å²) >= 11 is 0. The highest BCUT2D eigenvalue weighted by atomic mass is 32.2. The van der Waals surface area contributed by atoms with E-state index in [4.69, 9.17) is 5.73 Å². The maximum absolute atomic E-state index is 14.3. The van der Waals surface area contributed by atoms with Gasteiger partial charge in [-0.25, -0.2) is 13.2 Å². The molecule has 5 N–H and O–H groups in total. The van der Waals surface area contributed by atoms with E-state index in [1.54, 1.807) is 45.0 Å². The van der Waals surface area contributed by atoms with Crippen LogP contribution in [0.25, 0.3) is 0 Å². The first kappa shape index (κ1) is 36.4. The standard InChI is InChI=1S/C34H51N5O7S/c1-19(2)24(18-47(45,46)17-21-11-9-8-10-12-21)37-32(44)38-28(33(3,4)5)31(43)39-16-22-25(34(22,6)7)26(39)30(42)36-23(15-20-13-14-20)27(40)29(35)41/h8-12,19-20,22-26,28H,13-18H2,1-7H3,(H2,35,41)(H,36,42)(H2,37,38,44)/t22-,23?,24+,25?,26-,28+/m0/s1. The molecule has 3 fully saturated rings. The number of amides is 5. The van der Waals surface area contributed by atoms with Crippen molar-refractivity contribution in [1.82, 2.24) is 20.9 Å². The van der Waals surface area contributed by atoms with Crippen molar-refractivity contribution in [2.45, 2.75) is 97.6 Å². The number of primary amides is 1. The van der Waals surface area contributed by atoms with E-state index in [1.807, 2.05) is 33.8 Å². The Kier molecular flexibility index (Phi) is 10.5. The lowest BCUT2D eigenvalue weighted by molar-refractivity contribution is -0.145. The van der Waals surface area contributed by atoms with Crippen LogP contribution in [0.15, 0.2) is 30.3 Å². The fourth-order valence-electron chi connectivity index (χ4n) is 6.88. The Morgan fingerprint density at radius 3 is 2.15 bits per heavy atom. The number of urea groups is 1. The van der Waals surface area contributed by atoms with Crippen LogP contribution in [-0.4, -0.2) is 79.3 Å². The molecular weight excluding hydrogens is 622 g/mol. The van der Waals surface area contributed by atoms with Gasteiger partial charge in [-0.2, -0.15) is 0 Å². The lowest BCUT2D eigenvalue weighted by Gasteiger charge is -2.38.